The van der Waals surface area contributed by atoms with E-state index in [1.165, 1.54) is 0 Å². The molecule has 106 valence electrons. The summed E-state index contributed by atoms with van der Waals surface area (Å²) in [6.07, 6.45) is 4.01. The van der Waals surface area contributed by atoms with Gasteiger partial charge in [0.1, 0.15) is 5.82 Å². The summed E-state index contributed by atoms with van der Waals surface area (Å²) in [6.45, 7) is 0. The molecule has 0 amide bonds. The highest BCUT2D eigenvalue weighted by atomic mass is 32.2. The smallest absolute Gasteiger partial charge is 0.263 e. The average molecular weight is 291 g/mol. The van der Waals surface area contributed by atoms with E-state index in [2.05, 4.69) is 9.82 Å². The molecule has 3 rings (SSSR count). The van der Waals surface area contributed by atoms with Crippen LogP contribution < -0.4 is 4.72 Å². The number of sulfonamides is 1. The van der Waals surface area contributed by atoms with Crippen LogP contribution in [0.5, 0.6) is 0 Å². The summed E-state index contributed by atoms with van der Waals surface area (Å²) in [5.74, 6) is 0.601. The summed E-state index contributed by atoms with van der Waals surface area (Å²) >= 11 is 0. The molecule has 1 heterocycles. The van der Waals surface area contributed by atoms with Gasteiger partial charge in [-0.3, -0.25) is 9.40 Å². The predicted molar refractivity (Wildman–Crippen MR) is 77.1 cm³/mol. The number of hydrogen-bond acceptors (Lipinski definition) is 3. The van der Waals surface area contributed by atoms with E-state index in [1.807, 2.05) is 0 Å². The van der Waals surface area contributed by atoms with Crippen LogP contribution in [0.1, 0.15) is 24.1 Å². The molecule has 0 aliphatic heterocycles. The molecule has 0 saturated carbocycles. The first-order valence-corrected chi connectivity index (χ1v) is 8.19. The van der Waals surface area contributed by atoms with Crippen LogP contribution in [0.2, 0.25) is 0 Å². The highest BCUT2D eigenvalue weighted by Gasteiger charge is 2.23. The molecule has 1 N–H and O–H groups in total. The second-order valence-electron chi connectivity index (χ2n) is 5.02. The van der Waals surface area contributed by atoms with Gasteiger partial charge >= 0.3 is 0 Å². The molecule has 5 nitrogen and oxygen atoms in total. The lowest BCUT2D eigenvalue weighted by Crippen LogP contribution is -2.16. The molecule has 20 heavy (non-hydrogen) atoms. The molecule has 0 saturated heterocycles. The number of nitrogens with zero attached hydrogens (tertiary/aromatic N) is 2. The van der Waals surface area contributed by atoms with Gasteiger partial charge in [-0.1, -0.05) is 18.2 Å². The van der Waals surface area contributed by atoms with Gasteiger partial charge in [0.15, 0.2) is 0 Å². The monoisotopic (exact) mass is 291 g/mol. The Hall–Kier alpha value is -1.82. The van der Waals surface area contributed by atoms with E-state index >= 15 is 0 Å². The van der Waals surface area contributed by atoms with Crippen LogP contribution >= 0.6 is 0 Å². The number of nitrogens with one attached hydrogen (secondary N) is 1. The van der Waals surface area contributed by atoms with Crippen LogP contribution in [-0.4, -0.2) is 18.2 Å². The molecule has 0 unspecified atom stereocenters. The highest BCUT2D eigenvalue weighted by molar-refractivity contribution is 7.92. The summed E-state index contributed by atoms with van der Waals surface area (Å²) in [5, 5.41) is 4.42. The topological polar surface area (TPSA) is 64.0 Å². The number of fused-ring (bicyclic) bond motifs is 1. The van der Waals surface area contributed by atoms with E-state index in [1.54, 1.807) is 42.1 Å². The molecule has 1 aromatic carbocycles. The van der Waals surface area contributed by atoms with Crippen molar-refractivity contribution >= 4 is 15.8 Å². The van der Waals surface area contributed by atoms with Crippen molar-refractivity contribution in [2.75, 3.05) is 4.72 Å². The molecular weight excluding hydrogens is 274 g/mol. The van der Waals surface area contributed by atoms with Crippen molar-refractivity contribution in [3.05, 3.63) is 41.6 Å². The Labute approximate surface area is 118 Å². The van der Waals surface area contributed by atoms with E-state index in [0.717, 1.165) is 36.9 Å². The zero-order chi connectivity index (χ0) is 14.2. The maximum atomic E-state index is 12.4. The molecule has 1 aliphatic rings. The van der Waals surface area contributed by atoms with E-state index in [0.29, 0.717) is 5.82 Å². The minimum atomic E-state index is -3.55. The van der Waals surface area contributed by atoms with Gasteiger partial charge in [-0.25, -0.2) is 8.42 Å². The Kier molecular flexibility index (Phi) is 3.25. The zero-order valence-corrected chi connectivity index (χ0v) is 12.2. The largest absolute Gasteiger partial charge is 0.263 e. The first-order chi connectivity index (χ1) is 9.58. The number of anilines is 1. The molecule has 2 aromatic rings. The number of benzene rings is 1. The van der Waals surface area contributed by atoms with Gasteiger partial charge in [0.2, 0.25) is 0 Å². The highest BCUT2D eigenvalue weighted by Crippen LogP contribution is 2.28. The fourth-order valence-electron chi connectivity index (χ4n) is 2.59. The zero-order valence-electron chi connectivity index (χ0n) is 11.3. The van der Waals surface area contributed by atoms with Gasteiger partial charge in [0, 0.05) is 12.6 Å². The van der Waals surface area contributed by atoms with Crippen LogP contribution in [0.15, 0.2) is 35.2 Å². The van der Waals surface area contributed by atoms with Crippen LogP contribution in [0, 0.1) is 0 Å². The van der Waals surface area contributed by atoms with Crippen molar-refractivity contribution in [1.82, 2.24) is 9.78 Å². The van der Waals surface area contributed by atoms with Crippen molar-refractivity contribution in [3.8, 4) is 0 Å². The fourth-order valence-corrected chi connectivity index (χ4v) is 3.74. The number of aromatic nitrogens is 2. The standard InChI is InChI=1S/C14H17N3O2S/c1-17-14(12-9-5-6-10-13(12)15-17)16-20(18,19)11-7-3-2-4-8-11/h2-4,7-8,16H,5-6,9-10H2,1H3. The third-order valence-electron chi connectivity index (χ3n) is 3.60. The third kappa shape index (κ3) is 2.31. The van der Waals surface area contributed by atoms with Crippen LogP contribution in [0.4, 0.5) is 5.82 Å². The minimum absolute atomic E-state index is 0.269. The van der Waals surface area contributed by atoms with Crippen molar-refractivity contribution in [1.29, 1.82) is 0 Å². The Morgan fingerprint density at radius 3 is 2.60 bits per heavy atom. The SMILES string of the molecule is Cn1nc2c(c1NS(=O)(=O)c1ccccc1)CCCC2. The molecule has 0 atom stereocenters. The molecule has 0 radical (unpaired) electrons. The van der Waals surface area contributed by atoms with Gasteiger partial charge < -0.3 is 0 Å². The molecule has 1 aliphatic carbocycles. The molecule has 0 bridgehead atoms. The quantitative estimate of drug-likeness (QED) is 0.942. The first kappa shape index (κ1) is 13.2. The van der Waals surface area contributed by atoms with Gasteiger partial charge in [0.05, 0.1) is 10.6 Å². The van der Waals surface area contributed by atoms with Crippen molar-refractivity contribution < 1.29 is 8.42 Å². The Morgan fingerprint density at radius 2 is 1.85 bits per heavy atom. The van der Waals surface area contributed by atoms with Gasteiger partial charge in [-0.05, 0) is 37.8 Å². The lowest BCUT2D eigenvalue weighted by atomic mass is 9.98. The third-order valence-corrected chi connectivity index (χ3v) is 4.96. The predicted octanol–water partition coefficient (Wildman–Crippen LogP) is 2.10. The van der Waals surface area contributed by atoms with Crippen LogP contribution in [0.3, 0.4) is 0 Å². The average Bonchev–Trinajstić information content (AvgIpc) is 2.76. The maximum Gasteiger partial charge on any atom is 0.263 e. The molecule has 0 fully saturated rings. The molecular formula is C14H17N3O2S. The normalized spacial score (nSPS) is 14.8. The summed E-state index contributed by atoms with van der Waals surface area (Å²) in [4.78, 5) is 0.269. The second kappa shape index (κ2) is 4.94. The first-order valence-electron chi connectivity index (χ1n) is 6.70. The van der Waals surface area contributed by atoms with Gasteiger partial charge in [-0.15, -0.1) is 0 Å². The maximum absolute atomic E-state index is 12.4. The Balaban J connectivity index is 1.98. The van der Waals surface area contributed by atoms with Crippen LogP contribution in [-0.2, 0) is 29.9 Å². The van der Waals surface area contributed by atoms with Crippen molar-refractivity contribution in [2.45, 2.75) is 30.6 Å². The second-order valence-corrected chi connectivity index (χ2v) is 6.71. The lowest BCUT2D eigenvalue weighted by molar-refractivity contribution is 0.600. The van der Waals surface area contributed by atoms with E-state index in [4.69, 9.17) is 0 Å². The minimum Gasteiger partial charge on any atom is -0.263 e. The van der Waals surface area contributed by atoms with E-state index in [9.17, 15) is 8.42 Å². The molecule has 0 spiro atoms. The summed E-state index contributed by atoms with van der Waals surface area (Å²) in [7, 11) is -1.77. The van der Waals surface area contributed by atoms with Crippen molar-refractivity contribution in [2.24, 2.45) is 7.05 Å². The summed E-state index contributed by atoms with van der Waals surface area (Å²) in [5.41, 5.74) is 2.06. The Morgan fingerprint density at radius 1 is 1.15 bits per heavy atom. The molecule has 1 aromatic heterocycles. The summed E-state index contributed by atoms with van der Waals surface area (Å²) < 4.78 is 29.1. The Bertz CT molecular complexity index is 720. The van der Waals surface area contributed by atoms with E-state index in [-0.39, 0.29) is 4.90 Å². The fraction of sp³-hybridized carbons (Fsp3) is 0.357. The number of hydrogen-bond donors (Lipinski definition) is 1. The van der Waals surface area contributed by atoms with E-state index < -0.39 is 10.0 Å². The molecule has 6 heteroatoms. The van der Waals surface area contributed by atoms with Crippen molar-refractivity contribution in [3.63, 3.8) is 0 Å². The lowest BCUT2D eigenvalue weighted by Gasteiger charge is -2.13. The number of rotatable bonds is 3. The van der Waals surface area contributed by atoms with Gasteiger partial charge in [-0.2, -0.15) is 5.10 Å². The number of aryl methyl sites for hydroxylation is 2. The van der Waals surface area contributed by atoms with Gasteiger partial charge in [0.25, 0.3) is 10.0 Å². The summed E-state index contributed by atoms with van der Waals surface area (Å²) in [6, 6.07) is 8.40. The van der Waals surface area contributed by atoms with Crippen LogP contribution in [0.25, 0.3) is 0 Å².